The van der Waals surface area contributed by atoms with Gasteiger partial charge in [-0.25, -0.2) is 8.78 Å². The van der Waals surface area contributed by atoms with Crippen LogP contribution in [-0.2, 0) is 0 Å². The molecule has 0 aliphatic carbocycles. The molecule has 2 aromatic carbocycles. The molecule has 0 bridgehead atoms. The van der Waals surface area contributed by atoms with Crippen LogP contribution >= 0.6 is 27.5 Å². The SMILES string of the molecule is Fc1cc2c(Cl)nnc(-c3ccc(Br)cc3)c2cc1F. The van der Waals surface area contributed by atoms with Crippen LogP contribution in [0.2, 0.25) is 5.15 Å². The number of hydrogen-bond acceptors (Lipinski definition) is 2. The summed E-state index contributed by atoms with van der Waals surface area (Å²) in [5.74, 6) is -1.91. The fraction of sp³-hybridized carbons (Fsp3) is 0. The lowest BCUT2D eigenvalue weighted by Gasteiger charge is -2.07. The summed E-state index contributed by atoms with van der Waals surface area (Å²) in [6, 6.07) is 9.40. The van der Waals surface area contributed by atoms with E-state index in [2.05, 4.69) is 26.1 Å². The van der Waals surface area contributed by atoms with Crippen LogP contribution in [0.3, 0.4) is 0 Å². The Hall–Kier alpha value is -1.59. The molecule has 2 nitrogen and oxygen atoms in total. The van der Waals surface area contributed by atoms with Crippen LogP contribution in [0.1, 0.15) is 0 Å². The van der Waals surface area contributed by atoms with Crippen molar-refractivity contribution in [2.24, 2.45) is 0 Å². The van der Waals surface area contributed by atoms with Crippen molar-refractivity contribution in [3.8, 4) is 11.3 Å². The van der Waals surface area contributed by atoms with Gasteiger partial charge in [-0.2, -0.15) is 0 Å². The molecule has 0 saturated heterocycles. The van der Waals surface area contributed by atoms with Gasteiger partial charge in [0.2, 0.25) is 0 Å². The van der Waals surface area contributed by atoms with E-state index in [-0.39, 0.29) is 5.15 Å². The molecule has 0 atom stereocenters. The molecule has 20 heavy (non-hydrogen) atoms. The molecule has 1 aromatic heterocycles. The molecule has 0 radical (unpaired) electrons. The minimum absolute atomic E-state index is 0.0414. The predicted molar refractivity (Wildman–Crippen MR) is 77.6 cm³/mol. The van der Waals surface area contributed by atoms with Crippen molar-refractivity contribution in [3.05, 3.63) is 57.7 Å². The second-order valence-corrected chi connectivity index (χ2v) is 5.43. The number of halogens is 4. The van der Waals surface area contributed by atoms with Crippen molar-refractivity contribution in [1.82, 2.24) is 10.2 Å². The highest BCUT2D eigenvalue weighted by atomic mass is 79.9. The average Bonchev–Trinajstić information content (AvgIpc) is 2.43. The Bertz CT molecular complexity index is 806. The predicted octanol–water partition coefficient (Wildman–Crippen LogP) is 4.99. The maximum absolute atomic E-state index is 13.5. The highest BCUT2D eigenvalue weighted by Crippen LogP contribution is 2.31. The van der Waals surface area contributed by atoms with Gasteiger partial charge in [0.1, 0.15) is 5.69 Å². The molecule has 100 valence electrons. The monoisotopic (exact) mass is 354 g/mol. The second-order valence-electron chi connectivity index (χ2n) is 4.16. The normalized spacial score (nSPS) is 11.0. The summed E-state index contributed by atoms with van der Waals surface area (Å²) in [5.41, 5.74) is 1.20. The summed E-state index contributed by atoms with van der Waals surface area (Å²) in [6.07, 6.45) is 0. The Morgan fingerprint density at radius 2 is 1.50 bits per heavy atom. The van der Waals surface area contributed by atoms with E-state index < -0.39 is 11.6 Å². The van der Waals surface area contributed by atoms with E-state index in [0.717, 1.165) is 22.2 Å². The van der Waals surface area contributed by atoms with E-state index in [1.165, 1.54) is 0 Å². The lowest BCUT2D eigenvalue weighted by Crippen LogP contribution is -1.94. The largest absolute Gasteiger partial charge is 0.204 e. The average molecular weight is 356 g/mol. The summed E-state index contributed by atoms with van der Waals surface area (Å²) in [4.78, 5) is 0. The van der Waals surface area contributed by atoms with Crippen LogP contribution in [0.25, 0.3) is 22.0 Å². The summed E-state index contributed by atoms with van der Waals surface area (Å²) >= 11 is 9.23. The zero-order valence-corrected chi connectivity index (χ0v) is 12.2. The molecule has 0 aliphatic rings. The van der Waals surface area contributed by atoms with Gasteiger partial charge in [0, 0.05) is 20.8 Å². The van der Waals surface area contributed by atoms with Gasteiger partial charge < -0.3 is 0 Å². The van der Waals surface area contributed by atoms with Gasteiger partial charge in [0.25, 0.3) is 0 Å². The first-order valence-corrected chi connectivity index (χ1v) is 6.80. The zero-order valence-electron chi connectivity index (χ0n) is 9.87. The molecule has 1 heterocycles. The topological polar surface area (TPSA) is 25.8 Å². The van der Waals surface area contributed by atoms with Crippen LogP contribution in [0, 0.1) is 11.6 Å². The van der Waals surface area contributed by atoms with E-state index in [1.54, 1.807) is 0 Å². The Kier molecular flexibility index (Phi) is 3.40. The lowest BCUT2D eigenvalue weighted by atomic mass is 10.1. The third-order valence-electron chi connectivity index (χ3n) is 2.89. The van der Waals surface area contributed by atoms with E-state index in [4.69, 9.17) is 11.6 Å². The first-order valence-electron chi connectivity index (χ1n) is 5.63. The summed E-state index contributed by atoms with van der Waals surface area (Å²) < 4.78 is 27.7. The minimum Gasteiger partial charge on any atom is -0.204 e. The van der Waals surface area contributed by atoms with Crippen molar-refractivity contribution in [2.45, 2.75) is 0 Å². The van der Waals surface area contributed by atoms with Gasteiger partial charge in [0.05, 0.1) is 0 Å². The summed E-state index contributed by atoms with van der Waals surface area (Å²) in [6.45, 7) is 0. The Morgan fingerprint density at radius 1 is 0.900 bits per heavy atom. The molecule has 0 fully saturated rings. The number of nitrogens with zero attached hydrogens (tertiary/aromatic N) is 2. The third kappa shape index (κ3) is 2.27. The summed E-state index contributed by atoms with van der Waals surface area (Å²) in [5, 5.41) is 8.58. The first-order chi connectivity index (χ1) is 9.56. The number of hydrogen-bond donors (Lipinski definition) is 0. The fourth-order valence-corrected chi connectivity index (χ4v) is 2.39. The fourth-order valence-electron chi connectivity index (χ4n) is 1.94. The molecular weight excluding hydrogens is 350 g/mol. The standard InChI is InChI=1S/C14H6BrClF2N2/c15-8-3-1-7(2-4-8)13-9-5-11(17)12(18)6-10(9)14(16)20-19-13/h1-6H. The number of aromatic nitrogens is 2. The Balaban J connectivity index is 2.34. The van der Waals surface area contributed by atoms with Gasteiger partial charge in [0.15, 0.2) is 16.8 Å². The van der Waals surface area contributed by atoms with E-state index in [0.29, 0.717) is 16.5 Å². The number of fused-ring (bicyclic) bond motifs is 1. The maximum Gasteiger partial charge on any atom is 0.159 e. The lowest BCUT2D eigenvalue weighted by molar-refractivity contribution is 0.511. The molecule has 6 heteroatoms. The van der Waals surface area contributed by atoms with Gasteiger partial charge in [-0.3, -0.25) is 0 Å². The van der Waals surface area contributed by atoms with E-state index >= 15 is 0 Å². The van der Waals surface area contributed by atoms with Crippen molar-refractivity contribution >= 4 is 38.3 Å². The smallest absolute Gasteiger partial charge is 0.159 e. The zero-order chi connectivity index (χ0) is 14.3. The highest BCUT2D eigenvalue weighted by molar-refractivity contribution is 9.10. The number of benzene rings is 2. The van der Waals surface area contributed by atoms with Gasteiger partial charge >= 0.3 is 0 Å². The Morgan fingerprint density at radius 3 is 2.15 bits per heavy atom. The van der Waals surface area contributed by atoms with Crippen LogP contribution in [0.15, 0.2) is 40.9 Å². The minimum atomic E-state index is -0.964. The van der Waals surface area contributed by atoms with Gasteiger partial charge in [-0.1, -0.05) is 39.7 Å². The van der Waals surface area contributed by atoms with Gasteiger partial charge in [-0.05, 0) is 24.3 Å². The first kappa shape index (κ1) is 13.4. The molecular formula is C14H6BrClF2N2. The van der Waals surface area contributed by atoms with E-state index in [1.807, 2.05) is 24.3 Å². The third-order valence-corrected chi connectivity index (χ3v) is 3.70. The van der Waals surface area contributed by atoms with Crippen LogP contribution in [-0.4, -0.2) is 10.2 Å². The van der Waals surface area contributed by atoms with Crippen molar-refractivity contribution in [1.29, 1.82) is 0 Å². The summed E-state index contributed by atoms with van der Waals surface area (Å²) in [7, 11) is 0. The van der Waals surface area contributed by atoms with Crippen LogP contribution in [0.5, 0.6) is 0 Å². The molecule has 0 amide bonds. The second kappa shape index (κ2) is 5.07. The van der Waals surface area contributed by atoms with Crippen molar-refractivity contribution in [2.75, 3.05) is 0 Å². The Labute approximate surface area is 126 Å². The van der Waals surface area contributed by atoms with Crippen molar-refractivity contribution < 1.29 is 8.78 Å². The molecule has 3 aromatic rings. The molecule has 0 saturated carbocycles. The molecule has 0 unspecified atom stereocenters. The van der Waals surface area contributed by atoms with Crippen molar-refractivity contribution in [3.63, 3.8) is 0 Å². The number of rotatable bonds is 1. The molecule has 0 spiro atoms. The molecule has 0 N–H and O–H groups in total. The van der Waals surface area contributed by atoms with E-state index in [9.17, 15) is 8.78 Å². The maximum atomic E-state index is 13.5. The van der Waals surface area contributed by atoms with Crippen LogP contribution < -0.4 is 0 Å². The molecule has 0 aliphatic heterocycles. The van der Waals surface area contributed by atoms with Crippen LogP contribution in [0.4, 0.5) is 8.78 Å². The molecule has 3 rings (SSSR count). The highest BCUT2D eigenvalue weighted by Gasteiger charge is 2.13. The quantitative estimate of drug-likeness (QED) is 0.614. The van der Waals surface area contributed by atoms with Gasteiger partial charge in [-0.15, -0.1) is 10.2 Å².